The van der Waals surface area contributed by atoms with Gasteiger partial charge in [0.1, 0.15) is 0 Å². The minimum atomic E-state index is 0. The summed E-state index contributed by atoms with van der Waals surface area (Å²) in [5.41, 5.74) is 2.50. The predicted octanol–water partition coefficient (Wildman–Crippen LogP) is 2.24. The van der Waals surface area contributed by atoms with E-state index in [1.807, 2.05) is 19.1 Å². The van der Waals surface area contributed by atoms with Gasteiger partial charge >= 0.3 is 0 Å². The maximum absolute atomic E-state index is 5.90. The highest BCUT2D eigenvalue weighted by molar-refractivity contribution is 5.85. The van der Waals surface area contributed by atoms with Crippen LogP contribution in [0.5, 0.6) is 0 Å². The van der Waals surface area contributed by atoms with Gasteiger partial charge in [0.2, 0.25) is 5.65 Å². The van der Waals surface area contributed by atoms with Gasteiger partial charge in [0.25, 0.3) is 6.01 Å². The fourth-order valence-corrected chi connectivity index (χ4v) is 3.16. The quantitative estimate of drug-likeness (QED) is 0.807. The Morgan fingerprint density at radius 3 is 2.70 bits per heavy atom. The van der Waals surface area contributed by atoms with Crippen molar-refractivity contribution < 1.29 is 4.42 Å². The van der Waals surface area contributed by atoms with Crippen LogP contribution in [0, 0.1) is 6.92 Å². The van der Waals surface area contributed by atoms with Gasteiger partial charge in [-0.1, -0.05) is 0 Å². The minimum Gasteiger partial charge on any atom is -0.422 e. The molecule has 0 spiro atoms. The van der Waals surface area contributed by atoms with Crippen LogP contribution in [0.1, 0.15) is 18.5 Å². The maximum atomic E-state index is 5.90. The molecule has 0 saturated carbocycles. The van der Waals surface area contributed by atoms with Crippen LogP contribution in [-0.2, 0) is 0 Å². The lowest BCUT2D eigenvalue weighted by molar-refractivity contribution is 0.249. The molecule has 0 unspecified atom stereocenters. The third-order valence-electron chi connectivity index (χ3n) is 4.28. The Hall–Kier alpha value is -1.33. The zero-order valence-electron chi connectivity index (χ0n) is 11.6. The third-order valence-corrected chi connectivity index (χ3v) is 4.28. The summed E-state index contributed by atoms with van der Waals surface area (Å²) in [7, 11) is 0. The molecular formula is C14H19ClN4O. The molecule has 2 bridgehead atoms. The number of halogens is 1. The van der Waals surface area contributed by atoms with E-state index in [1.165, 1.54) is 25.9 Å². The SMILES string of the molecule is Cc1ccc2oc(N3CCN4CCC3CC4)nc2n1.Cl. The first kappa shape index (κ1) is 13.6. The summed E-state index contributed by atoms with van der Waals surface area (Å²) in [5.74, 6) is 0. The molecule has 3 aliphatic heterocycles. The highest BCUT2D eigenvalue weighted by Crippen LogP contribution is 2.28. The highest BCUT2D eigenvalue weighted by Gasteiger charge is 2.31. The first-order chi connectivity index (χ1) is 9.29. The van der Waals surface area contributed by atoms with Gasteiger partial charge < -0.3 is 14.2 Å². The standard InChI is InChI=1S/C14H18N4O.ClH/c1-10-2-3-12-13(15-10)16-14(19-12)18-9-8-17-6-4-11(18)5-7-17;/h2-3,11H,4-9H2,1H3;1H. The predicted molar refractivity (Wildman–Crippen MR) is 80.6 cm³/mol. The molecule has 3 saturated heterocycles. The van der Waals surface area contributed by atoms with Gasteiger partial charge in [-0.15, -0.1) is 12.4 Å². The normalized spacial score (nSPS) is 25.6. The van der Waals surface area contributed by atoms with Crippen LogP contribution in [0.2, 0.25) is 0 Å². The number of hydrogen-bond donors (Lipinski definition) is 0. The summed E-state index contributed by atoms with van der Waals surface area (Å²) in [6.07, 6.45) is 2.43. The molecule has 3 aliphatic rings. The Kier molecular flexibility index (Phi) is 3.56. The molecule has 5 nitrogen and oxygen atoms in total. The van der Waals surface area contributed by atoms with Gasteiger partial charge in [0, 0.05) is 37.9 Å². The molecule has 2 aromatic rings. The van der Waals surface area contributed by atoms with Crippen LogP contribution in [0.3, 0.4) is 0 Å². The minimum absolute atomic E-state index is 0. The van der Waals surface area contributed by atoms with E-state index in [-0.39, 0.29) is 12.4 Å². The number of oxazole rings is 1. The van der Waals surface area contributed by atoms with Crippen molar-refractivity contribution in [1.29, 1.82) is 0 Å². The van der Waals surface area contributed by atoms with Gasteiger partial charge in [-0.2, -0.15) is 4.98 Å². The van der Waals surface area contributed by atoms with Crippen LogP contribution < -0.4 is 4.90 Å². The fraction of sp³-hybridized carbons (Fsp3) is 0.571. The van der Waals surface area contributed by atoms with Crippen molar-refractivity contribution in [2.45, 2.75) is 25.8 Å². The number of rotatable bonds is 1. The van der Waals surface area contributed by atoms with Crippen molar-refractivity contribution in [3.8, 4) is 0 Å². The largest absolute Gasteiger partial charge is 0.422 e. The van der Waals surface area contributed by atoms with Gasteiger partial charge in [-0.3, -0.25) is 0 Å². The average Bonchev–Trinajstić information content (AvgIpc) is 2.61. The molecule has 0 aromatic carbocycles. The summed E-state index contributed by atoms with van der Waals surface area (Å²) in [6.45, 7) is 6.52. The molecule has 0 amide bonds. The van der Waals surface area contributed by atoms with Crippen LogP contribution in [-0.4, -0.2) is 47.1 Å². The Balaban J connectivity index is 0.00000121. The van der Waals surface area contributed by atoms with E-state index in [0.717, 1.165) is 36.0 Å². The zero-order valence-corrected chi connectivity index (χ0v) is 12.4. The first-order valence-electron chi connectivity index (χ1n) is 7.03. The Labute approximate surface area is 124 Å². The molecule has 3 fully saturated rings. The van der Waals surface area contributed by atoms with Gasteiger partial charge in [0.05, 0.1) is 0 Å². The lowest BCUT2D eigenvalue weighted by Gasteiger charge is -2.30. The highest BCUT2D eigenvalue weighted by atomic mass is 35.5. The molecule has 5 rings (SSSR count). The number of aromatic nitrogens is 2. The van der Waals surface area contributed by atoms with E-state index in [1.54, 1.807) is 0 Å². The molecule has 0 radical (unpaired) electrons. The number of piperidine rings is 1. The smallest absolute Gasteiger partial charge is 0.300 e. The lowest BCUT2D eigenvalue weighted by atomic mass is 10.1. The Morgan fingerprint density at radius 1 is 1.10 bits per heavy atom. The second-order valence-electron chi connectivity index (χ2n) is 5.54. The lowest BCUT2D eigenvalue weighted by Crippen LogP contribution is -2.38. The summed E-state index contributed by atoms with van der Waals surface area (Å²) in [5, 5.41) is 0. The van der Waals surface area contributed by atoms with Crippen molar-refractivity contribution in [2.24, 2.45) is 0 Å². The van der Waals surface area contributed by atoms with Gasteiger partial charge in [-0.05, 0) is 31.9 Å². The maximum Gasteiger partial charge on any atom is 0.300 e. The summed E-state index contributed by atoms with van der Waals surface area (Å²) < 4.78 is 5.90. The van der Waals surface area contributed by atoms with Gasteiger partial charge in [0.15, 0.2) is 5.58 Å². The molecule has 108 valence electrons. The molecule has 0 N–H and O–H groups in total. The van der Waals surface area contributed by atoms with E-state index in [0.29, 0.717) is 6.04 Å². The molecule has 0 aliphatic carbocycles. The summed E-state index contributed by atoms with van der Waals surface area (Å²) in [4.78, 5) is 13.9. The average molecular weight is 295 g/mol. The fourth-order valence-electron chi connectivity index (χ4n) is 3.16. The molecular weight excluding hydrogens is 276 g/mol. The van der Waals surface area contributed by atoms with Crippen LogP contribution in [0.4, 0.5) is 6.01 Å². The van der Waals surface area contributed by atoms with E-state index in [2.05, 4.69) is 19.8 Å². The molecule has 20 heavy (non-hydrogen) atoms. The van der Waals surface area contributed by atoms with Crippen LogP contribution in [0.15, 0.2) is 16.5 Å². The van der Waals surface area contributed by atoms with Crippen molar-refractivity contribution in [2.75, 3.05) is 31.1 Å². The number of pyridine rings is 1. The van der Waals surface area contributed by atoms with E-state index < -0.39 is 0 Å². The molecule has 6 heteroatoms. The monoisotopic (exact) mass is 294 g/mol. The third kappa shape index (κ3) is 2.25. The van der Waals surface area contributed by atoms with Crippen LogP contribution >= 0.6 is 12.4 Å². The number of fused-ring (bicyclic) bond motifs is 5. The van der Waals surface area contributed by atoms with Crippen molar-refractivity contribution in [3.63, 3.8) is 0 Å². The molecule has 2 aromatic heterocycles. The van der Waals surface area contributed by atoms with E-state index >= 15 is 0 Å². The number of hydrogen-bond acceptors (Lipinski definition) is 5. The number of anilines is 1. The zero-order chi connectivity index (χ0) is 12.8. The van der Waals surface area contributed by atoms with E-state index in [4.69, 9.17) is 4.42 Å². The van der Waals surface area contributed by atoms with Crippen molar-refractivity contribution >= 4 is 29.7 Å². The first-order valence-corrected chi connectivity index (χ1v) is 7.03. The number of aryl methyl sites for hydroxylation is 1. The van der Waals surface area contributed by atoms with Gasteiger partial charge in [-0.25, -0.2) is 4.98 Å². The molecule has 5 heterocycles. The van der Waals surface area contributed by atoms with Crippen molar-refractivity contribution in [3.05, 3.63) is 17.8 Å². The van der Waals surface area contributed by atoms with Crippen molar-refractivity contribution in [1.82, 2.24) is 14.9 Å². The Bertz CT molecular complexity index is 606. The Morgan fingerprint density at radius 2 is 1.90 bits per heavy atom. The second kappa shape index (κ2) is 5.22. The topological polar surface area (TPSA) is 45.4 Å². The number of nitrogens with zero attached hydrogens (tertiary/aromatic N) is 4. The molecule has 0 atom stereocenters. The second-order valence-corrected chi connectivity index (χ2v) is 5.54. The van der Waals surface area contributed by atoms with Crippen LogP contribution in [0.25, 0.3) is 11.2 Å². The summed E-state index contributed by atoms with van der Waals surface area (Å²) >= 11 is 0. The summed E-state index contributed by atoms with van der Waals surface area (Å²) in [6, 6.07) is 5.26. The van der Waals surface area contributed by atoms with E-state index in [9.17, 15) is 0 Å².